The summed E-state index contributed by atoms with van der Waals surface area (Å²) in [6, 6.07) is 6.99. The van der Waals surface area contributed by atoms with Crippen LogP contribution in [0.4, 0.5) is 0 Å². The molecular weight excluding hydrogens is 342 g/mol. The van der Waals surface area contributed by atoms with Crippen LogP contribution < -0.4 is 10.6 Å². The van der Waals surface area contributed by atoms with Gasteiger partial charge in [-0.25, -0.2) is 4.79 Å². The van der Waals surface area contributed by atoms with Crippen LogP contribution in [-0.2, 0) is 22.4 Å². The Balaban J connectivity index is 2.06. The zero-order valence-corrected chi connectivity index (χ0v) is 16.1. The van der Waals surface area contributed by atoms with Crippen LogP contribution in [0.3, 0.4) is 0 Å². The molecule has 0 aromatic heterocycles. The van der Waals surface area contributed by atoms with Crippen molar-refractivity contribution in [3.05, 3.63) is 46.7 Å². The van der Waals surface area contributed by atoms with Crippen molar-refractivity contribution in [1.82, 2.24) is 10.6 Å². The van der Waals surface area contributed by atoms with Gasteiger partial charge in [-0.3, -0.25) is 4.79 Å². The first kappa shape index (κ1) is 20.5. The molecule has 27 heavy (non-hydrogen) atoms. The van der Waals surface area contributed by atoms with Gasteiger partial charge in [-0.1, -0.05) is 32.0 Å². The second-order valence-corrected chi connectivity index (χ2v) is 7.33. The Kier molecular flexibility index (Phi) is 7.00. The average Bonchev–Trinajstić information content (AvgIpc) is 2.64. The highest BCUT2D eigenvalue weighted by molar-refractivity contribution is 5.97. The molecule has 0 fully saturated rings. The number of rotatable bonds is 7. The van der Waals surface area contributed by atoms with Crippen molar-refractivity contribution in [2.24, 2.45) is 5.92 Å². The summed E-state index contributed by atoms with van der Waals surface area (Å²) in [5.41, 5.74) is 3.56. The quantitative estimate of drug-likeness (QED) is 0.507. The molecule has 2 unspecified atom stereocenters. The molecule has 2 rings (SSSR count). The van der Waals surface area contributed by atoms with Gasteiger partial charge in [-0.2, -0.15) is 5.26 Å². The topological polar surface area (TPSA) is 102 Å². The van der Waals surface area contributed by atoms with E-state index in [9.17, 15) is 20.0 Å². The number of aryl methyl sites for hydroxylation is 2. The van der Waals surface area contributed by atoms with Crippen molar-refractivity contribution in [2.45, 2.75) is 58.5 Å². The van der Waals surface area contributed by atoms with Crippen LogP contribution in [0.2, 0.25) is 0 Å². The van der Waals surface area contributed by atoms with Gasteiger partial charge in [0.25, 0.3) is 5.91 Å². The van der Waals surface area contributed by atoms with Crippen LogP contribution in [0.25, 0.3) is 0 Å². The lowest BCUT2D eigenvalue weighted by Crippen LogP contribution is -2.38. The predicted octanol–water partition coefficient (Wildman–Crippen LogP) is 2.85. The van der Waals surface area contributed by atoms with Crippen molar-refractivity contribution >= 4 is 11.9 Å². The first-order valence-corrected chi connectivity index (χ1v) is 9.35. The molecular formula is C21H27N3O3. The van der Waals surface area contributed by atoms with Crippen LogP contribution in [0.15, 0.2) is 30.0 Å². The van der Waals surface area contributed by atoms with Gasteiger partial charge in [-0.15, -0.1) is 0 Å². The van der Waals surface area contributed by atoms with Crippen molar-refractivity contribution in [1.29, 1.82) is 5.26 Å². The minimum Gasteiger partial charge on any atom is -0.480 e. The number of aliphatic carboxylic acids is 1. The molecule has 1 aliphatic rings. The number of amides is 1. The van der Waals surface area contributed by atoms with Gasteiger partial charge in [0.05, 0.1) is 6.04 Å². The Bertz CT molecular complexity index is 777. The smallest absolute Gasteiger partial charge is 0.326 e. The van der Waals surface area contributed by atoms with E-state index < -0.39 is 17.9 Å². The van der Waals surface area contributed by atoms with Crippen molar-refractivity contribution in [3.8, 4) is 6.07 Å². The summed E-state index contributed by atoms with van der Waals surface area (Å²) in [5.74, 6) is -1.74. The molecule has 0 saturated heterocycles. The molecule has 0 saturated carbocycles. The number of carbonyl (C=O) groups is 2. The van der Waals surface area contributed by atoms with E-state index in [1.165, 1.54) is 30.2 Å². The standard InChI is InChI=1S/C21H27N3O3/c1-13(2)19(21(26)27)23-12-18(11-22)20(25)24-14(3)16-9-8-15-6-4-5-7-17(15)10-16/h8-10,12-14,19,23H,4-7H2,1-3H3,(H,24,25)(H,26,27)/b18-12-. The van der Waals surface area contributed by atoms with E-state index >= 15 is 0 Å². The van der Waals surface area contributed by atoms with Crippen LogP contribution >= 0.6 is 0 Å². The Morgan fingerprint density at radius 2 is 1.85 bits per heavy atom. The fraction of sp³-hybridized carbons (Fsp3) is 0.476. The molecule has 1 aromatic rings. The third-order valence-electron chi connectivity index (χ3n) is 4.93. The summed E-state index contributed by atoms with van der Waals surface area (Å²) in [4.78, 5) is 23.6. The van der Waals surface area contributed by atoms with E-state index in [-0.39, 0.29) is 17.5 Å². The van der Waals surface area contributed by atoms with Gasteiger partial charge in [0.2, 0.25) is 0 Å². The zero-order chi connectivity index (χ0) is 20.0. The average molecular weight is 369 g/mol. The van der Waals surface area contributed by atoms with Crippen LogP contribution in [0, 0.1) is 17.2 Å². The van der Waals surface area contributed by atoms with Gasteiger partial charge >= 0.3 is 5.97 Å². The fourth-order valence-electron chi connectivity index (χ4n) is 3.25. The first-order valence-electron chi connectivity index (χ1n) is 9.35. The molecule has 0 aliphatic heterocycles. The normalized spacial score (nSPS) is 16.0. The largest absolute Gasteiger partial charge is 0.480 e. The minimum absolute atomic E-state index is 0.147. The summed E-state index contributed by atoms with van der Waals surface area (Å²) >= 11 is 0. The summed E-state index contributed by atoms with van der Waals surface area (Å²) in [6.07, 6.45) is 5.75. The molecule has 0 bridgehead atoms. The van der Waals surface area contributed by atoms with E-state index in [2.05, 4.69) is 22.8 Å². The second-order valence-electron chi connectivity index (χ2n) is 7.33. The van der Waals surface area contributed by atoms with E-state index in [1.807, 2.05) is 19.1 Å². The second kappa shape index (κ2) is 9.22. The number of benzene rings is 1. The monoisotopic (exact) mass is 369 g/mol. The molecule has 144 valence electrons. The maximum atomic E-state index is 12.4. The molecule has 0 heterocycles. The molecule has 1 aromatic carbocycles. The summed E-state index contributed by atoms with van der Waals surface area (Å²) in [5, 5.41) is 23.9. The summed E-state index contributed by atoms with van der Waals surface area (Å²) in [7, 11) is 0. The Morgan fingerprint density at radius 1 is 1.19 bits per heavy atom. The lowest BCUT2D eigenvalue weighted by atomic mass is 9.89. The lowest BCUT2D eigenvalue weighted by Gasteiger charge is -2.20. The zero-order valence-electron chi connectivity index (χ0n) is 16.1. The van der Waals surface area contributed by atoms with Crippen LogP contribution in [0.1, 0.15) is 56.3 Å². The minimum atomic E-state index is -1.03. The molecule has 3 N–H and O–H groups in total. The number of carbonyl (C=O) groups excluding carboxylic acids is 1. The van der Waals surface area contributed by atoms with Crippen LogP contribution in [0.5, 0.6) is 0 Å². The SMILES string of the molecule is CC(NC(=O)/C(C#N)=C\NC(C(=O)O)C(C)C)c1ccc2c(c1)CCCC2. The molecule has 6 heteroatoms. The van der Waals surface area contributed by atoms with Gasteiger partial charge in [0.15, 0.2) is 0 Å². The summed E-state index contributed by atoms with van der Waals surface area (Å²) in [6.45, 7) is 5.38. The predicted molar refractivity (Wildman–Crippen MR) is 103 cm³/mol. The number of carboxylic acids is 1. The Labute approximate surface area is 160 Å². The van der Waals surface area contributed by atoms with E-state index in [1.54, 1.807) is 13.8 Å². The molecule has 0 radical (unpaired) electrons. The highest BCUT2D eigenvalue weighted by Crippen LogP contribution is 2.24. The third kappa shape index (κ3) is 5.33. The highest BCUT2D eigenvalue weighted by atomic mass is 16.4. The number of carboxylic acid groups (broad SMARTS) is 1. The summed E-state index contributed by atoms with van der Waals surface area (Å²) < 4.78 is 0. The number of hydrogen-bond acceptors (Lipinski definition) is 4. The number of nitrogens with zero attached hydrogens (tertiary/aromatic N) is 1. The Hall–Kier alpha value is -2.81. The molecule has 2 atom stereocenters. The first-order chi connectivity index (χ1) is 12.8. The van der Waals surface area contributed by atoms with Gasteiger partial charge < -0.3 is 15.7 Å². The van der Waals surface area contributed by atoms with E-state index in [4.69, 9.17) is 0 Å². The van der Waals surface area contributed by atoms with Crippen LogP contribution in [-0.4, -0.2) is 23.0 Å². The van der Waals surface area contributed by atoms with Gasteiger partial charge in [-0.05, 0) is 55.2 Å². The van der Waals surface area contributed by atoms with E-state index in [0.717, 1.165) is 18.4 Å². The van der Waals surface area contributed by atoms with Gasteiger partial charge in [0, 0.05) is 6.20 Å². The molecule has 6 nitrogen and oxygen atoms in total. The molecule has 1 aliphatic carbocycles. The molecule has 0 spiro atoms. The van der Waals surface area contributed by atoms with Gasteiger partial charge in [0.1, 0.15) is 17.7 Å². The van der Waals surface area contributed by atoms with Crippen molar-refractivity contribution in [2.75, 3.05) is 0 Å². The maximum absolute atomic E-state index is 12.4. The maximum Gasteiger partial charge on any atom is 0.326 e. The fourth-order valence-corrected chi connectivity index (χ4v) is 3.25. The van der Waals surface area contributed by atoms with Crippen molar-refractivity contribution in [3.63, 3.8) is 0 Å². The number of hydrogen-bond donors (Lipinski definition) is 3. The number of nitrogens with one attached hydrogen (secondary N) is 2. The van der Waals surface area contributed by atoms with E-state index in [0.29, 0.717) is 0 Å². The van der Waals surface area contributed by atoms with Crippen molar-refractivity contribution < 1.29 is 14.7 Å². The molecule has 1 amide bonds. The third-order valence-corrected chi connectivity index (χ3v) is 4.93. The number of fused-ring (bicyclic) bond motifs is 1. The highest BCUT2D eigenvalue weighted by Gasteiger charge is 2.21. The Morgan fingerprint density at radius 3 is 2.44 bits per heavy atom. The number of nitriles is 1. The lowest BCUT2D eigenvalue weighted by molar-refractivity contribution is -0.140.